The van der Waals surface area contributed by atoms with E-state index in [4.69, 9.17) is 0 Å². The molecule has 0 bridgehead atoms. The van der Waals surface area contributed by atoms with Crippen LogP contribution < -0.4 is 11.1 Å². The summed E-state index contributed by atoms with van der Waals surface area (Å²) in [6.07, 6.45) is 1.81. The summed E-state index contributed by atoms with van der Waals surface area (Å²) in [6.45, 7) is 3.17. The molecule has 2 atom stereocenters. The molecule has 10 heteroatoms. The number of benzene rings is 2. The molecule has 4 aromatic heterocycles. The third kappa shape index (κ3) is 4.70. The zero-order valence-corrected chi connectivity index (χ0v) is 22.9. The second kappa shape index (κ2) is 9.45. The first kappa shape index (κ1) is 23.4. The van der Waals surface area contributed by atoms with Crippen LogP contribution in [0.2, 0.25) is 0 Å². The van der Waals surface area contributed by atoms with Gasteiger partial charge in [0.1, 0.15) is 11.1 Å². The number of nitrogens with one attached hydrogen (secondary N) is 2. The molecule has 0 aliphatic heterocycles. The van der Waals surface area contributed by atoms with Gasteiger partial charge in [0.25, 0.3) is 0 Å². The highest BCUT2D eigenvalue weighted by Crippen LogP contribution is 2.41. The monoisotopic (exact) mass is 546 g/mol. The van der Waals surface area contributed by atoms with E-state index in [0.717, 1.165) is 43.9 Å². The SMILES string of the molecule is CC(=O)Pc1ncc(-c2cc3sc(-c4ccc(-c5ccc6nc(PC(C)=O)[nH]c6c5)cc4)cc3s2)[nH]1. The molecule has 4 heterocycles. The number of nitrogens with zero attached hydrogens (tertiary/aromatic N) is 2. The average Bonchev–Trinajstić information content (AvgIpc) is 3.60. The fourth-order valence-corrected chi connectivity index (χ4v) is 7.76. The molecule has 0 saturated heterocycles. The van der Waals surface area contributed by atoms with Gasteiger partial charge in [-0.2, -0.15) is 0 Å². The van der Waals surface area contributed by atoms with Gasteiger partial charge in [0, 0.05) is 31.4 Å². The van der Waals surface area contributed by atoms with E-state index < -0.39 is 0 Å². The molecule has 6 aromatic rings. The topological polar surface area (TPSA) is 91.5 Å². The van der Waals surface area contributed by atoms with Crippen LogP contribution in [-0.2, 0) is 9.59 Å². The first-order valence-corrected chi connectivity index (χ1v) is 14.8. The van der Waals surface area contributed by atoms with Crippen molar-refractivity contribution in [2.24, 2.45) is 0 Å². The van der Waals surface area contributed by atoms with Gasteiger partial charge in [0.15, 0.2) is 11.0 Å². The van der Waals surface area contributed by atoms with Crippen molar-refractivity contribution in [3.05, 3.63) is 60.8 Å². The highest BCUT2D eigenvalue weighted by Gasteiger charge is 2.13. The Morgan fingerprint density at radius 2 is 1.39 bits per heavy atom. The number of imidazole rings is 2. The van der Waals surface area contributed by atoms with Gasteiger partial charge in [-0.05, 0) is 54.8 Å². The quantitative estimate of drug-likeness (QED) is 0.231. The maximum Gasteiger partial charge on any atom is 0.155 e. The minimum atomic E-state index is 0.0580. The Labute approximate surface area is 218 Å². The smallest absolute Gasteiger partial charge is 0.155 e. The lowest BCUT2D eigenvalue weighted by Crippen LogP contribution is -2.01. The van der Waals surface area contributed by atoms with Crippen LogP contribution in [0.3, 0.4) is 0 Å². The number of hydrogen-bond acceptors (Lipinski definition) is 6. The molecule has 2 N–H and O–H groups in total. The average molecular weight is 547 g/mol. The minimum Gasteiger partial charge on any atom is -0.338 e. The maximum absolute atomic E-state index is 11.4. The molecule has 0 fully saturated rings. The first-order valence-electron chi connectivity index (χ1n) is 11.2. The van der Waals surface area contributed by atoms with Gasteiger partial charge >= 0.3 is 0 Å². The normalized spacial score (nSPS) is 12.2. The van der Waals surface area contributed by atoms with E-state index in [1.165, 1.54) is 19.8 Å². The van der Waals surface area contributed by atoms with E-state index in [1.54, 1.807) is 36.5 Å². The molecule has 6 nitrogen and oxygen atoms in total. The molecule has 2 unspecified atom stereocenters. The van der Waals surface area contributed by atoms with Gasteiger partial charge in [0.05, 0.1) is 27.8 Å². The molecular formula is C26H20N4O2P2S2. The van der Waals surface area contributed by atoms with Crippen LogP contribution in [0.25, 0.3) is 52.6 Å². The number of thiophene rings is 2. The summed E-state index contributed by atoms with van der Waals surface area (Å²) >= 11 is 3.51. The zero-order valence-electron chi connectivity index (χ0n) is 19.3. The molecule has 0 aliphatic rings. The van der Waals surface area contributed by atoms with Gasteiger partial charge in [-0.1, -0.05) is 30.3 Å². The Hall–Kier alpha value is -3.02. The van der Waals surface area contributed by atoms with E-state index in [9.17, 15) is 9.59 Å². The zero-order chi connectivity index (χ0) is 24.8. The van der Waals surface area contributed by atoms with Crippen LogP contribution in [0, 0.1) is 0 Å². The number of H-pyrrole nitrogens is 2. The molecule has 0 radical (unpaired) electrons. The Kier molecular flexibility index (Phi) is 6.14. The van der Waals surface area contributed by atoms with Crippen molar-refractivity contribution in [3.63, 3.8) is 0 Å². The Morgan fingerprint density at radius 1 is 0.750 bits per heavy atom. The lowest BCUT2D eigenvalue weighted by molar-refractivity contribution is -0.110. The van der Waals surface area contributed by atoms with Crippen LogP contribution in [0.5, 0.6) is 0 Å². The van der Waals surface area contributed by atoms with Gasteiger partial charge < -0.3 is 9.97 Å². The fourth-order valence-electron chi connectivity index (χ4n) is 4.03. The number of carbonyl (C=O) groups is 2. The largest absolute Gasteiger partial charge is 0.338 e. The lowest BCUT2D eigenvalue weighted by atomic mass is 10.0. The highest BCUT2D eigenvalue weighted by molar-refractivity contribution is 7.64. The summed E-state index contributed by atoms with van der Waals surface area (Å²) in [5, 5.41) is 0. The number of carbonyl (C=O) groups excluding carboxylic acids is 2. The summed E-state index contributed by atoms with van der Waals surface area (Å²) in [5.41, 5.74) is 7.92. The molecule has 0 aliphatic carbocycles. The number of rotatable bonds is 7. The highest BCUT2D eigenvalue weighted by atomic mass is 32.1. The van der Waals surface area contributed by atoms with Gasteiger partial charge in [0.2, 0.25) is 0 Å². The minimum absolute atomic E-state index is 0.0580. The van der Waals surface area contributed by atoms with Gasteiger partial charge in [-0.25, -0.2) is 9.97 Å². The Bertz CT molecular complexity index is 1730. The van der Waals surface area contributed by atoms with Crippen molar-refractivity contribution >= 4 is 82.4 Å². The van der Waals surface area contributed by atoms with Gasteiger partial charge in [-0.15, -0.1) is 22.7 Å². The Morgan fingerprint density at radius 3 is 2.14 bits per heavy atom. The van der Waals surface area contributed by atoms with Crippen molar-refractivity contribution in [2.45, 2.75) is 13.8 Å². The molecule has 0 saturated carbocycles. The van der Waals surface area contributed by atoms with Crippen molar-refractivity contribution in [2.75, 3.05) is 0 Å². The Balaban J connectivity index is 1.23. The summed E-state index contributed by atoms with van der Waals surface area (Å²) in [4.78, 5) is 40.6. The van der Waals surface area contributed by atoms with Crippen molar-refractivity contribution in [3.8, 4) is 32.1 Å². The number of aromatic nitrogens is 4. The van der Waals surface area contributed by atoms with Crippen LogP contribution in [0.15, 0.2) is 60.8 Å². The summed E-state index contributed by atoms with van der Waals surface area (Å²) in [7, 11) is 0.128. The van der Waals surface area contributed by atoms with Crippen LogP contribution in [0.1, 0.15) is 13.8 Å². The fraction of sp³-hybridized carbons (Fsp3) is 0.0769. The molecule has 6 rings (SSSR count). The van der Waals surface area contributed by atoms with E-state index in [1.807, 2.05) is 12.3 Å². The van der Waals surface area contributed by atoms with Crippen molar-refractivity contribution in [1.82, 2.24) is 19.9 Å². The molecule has 0 spiro atoms. The van der Waals surface area contributed by atoms with E-state index in [-0.39, 0.29) is 28.2 Å². The predicted molar refractivity (Wildman–Crippen MR) is 155 cm³/mol. The third-order valence-electron chi connectivity index (χ3n) is 5.62. The first-order chi connectivity index (χ1) is 17.4. The second-order valence-electron chi connectivity index (χ2n) is 8.35. The van der Waals surface area contributed by atoms with E-state index in [0.29, 0.717) is 0 Å². The lowest BCUT2D eigenvalue weighted by Gasteiger charge is -2.04. The second-order valence-corrected chi connectivity index (χ2v) is 13.4. The molecular weight excluding hydrogens is 526 g/mol. The molecule has 178 valence electrons. The van der Waals surface area contributed by atoms with Crippen molar-refractivity contribution in [1.29, 1.82) is 0 Å². The number of fused-ring (bicyclic) bond motifs is 2. The standard InChI is InChI=1S/C26H20N4O2P2S2/c1-13(31)33-25-27-12-20(30-25)22-11-24-23(36-22)10-21(35-24)16-5-3-15(4-6-16)17-7-8-18-19(9-17)29-26(28-18)34-14(2)32/h3-12,33-34H,1-2H3,(H,27,30)(H,28,29). The summed E-state index contributed by atoms with van der Waals surface area (Å²) in [6, 6.07) is 19.2. The number of aromatic amines is 2. The van der Waals surface area contributed by atoms with Gasteiger partial charge in [-0.3, -0.25) is 9.59 Å². The maximum atomic E-state index is 11.4. The summed E-state index contributed by atoms with van der Waals surface area (Å²) in [5.74, 6) is 0. The van der Waals surface area contributed by atoms with Crippen LogP contribution >= 0.6 is 39.8 Å². The van der Waals surface area contributed by atoms with E-state index in [2.05, 4.69) is 68.5 Å². The van der Waals surface area contributed by atoms with Crippen molar-refractivity contribution < 1.29 is 9.59 Å². The number of hydrogen-bond donors (Lipinski definition) is 2. The molecule has 2 aromatic carbocycles. The van der Waals surface area contributed by atoms with Crippen LogP contribution in [-0.4, -0.2) is 31.0 Å². The molecule has 0 amide bonds. The third-order valence-corrected chi connectivity index (χ3v) is 9.67. The summed E-state index contributed by atoms with van der Waals surface area (Å²) < 4.78 is 2.48. The predicted octanol–water partition coefficient (Wildman–Crippen LogP) is 6.26. The van der Waals surface area contributed by atoms with E-state index >= 15 is 0 Å². The molecule has 36 heavy (non-hydrogen) atoms. The van der Waals surface area contributed by atoms with Crippen LogP contribution in [0.4, 0.5) is 0 Å².